The largest absolute Gasteiger partial charge is 0.462 e. The Labute approximate surface area is 178 Å². The minimum absolute atomic E-state index is 0.0505. The molecular formula is C18H18BrNO8S. The third-order valence-electron chi connectivity index (χ3n) is 3.45. The molecule has 0 spiro atoms. The first-order valence-electron chi connectivity index (χ1n) is 8.48. The van der Waals surface area contributed by atoms with Gasteiger partial charge in [0, 0.05) is 0 Å². The molecule has 0 radical (unpaired) electrons. The monoisotopic (exact) mass is 487 g/mol. The molecule has 2 heterocycles. The number of nitrogens with one attached hydrogen (secondary N) is 1. The lowest BCUT2D eigenvalue weighted by atomic mass is 10.1. The first kappa shape index (κ1) is 22.6. The molecule has 0 aliphatic carbocycles. The molecule has 0 aliphatic heterocycles. The topological polar surface area (TPSA) is 121 Å². The summed E-state index contributed by atoms with van der Waals surface area (Å²) >= 11 is 3.93. The lowest BCUT2D eigenvalue weighted by molar-refractivity contribution is -0.119. The molecule has 9 nitrogen and oxygen atoms in total. The number of hydrogen-bond acceptors (Lipinski definition) is 9. The predicted octanol–water partition coefficient (Wildman–Crippen LogP) is 3.56. The summed E-state index contributed by atoms with van der Waals surface area (Å²) in [5.41, 5.74) is 0.383. The van der Waals surface area contributed by atoms with Crippen molar-refractivity contribution >= 4 is 56.1 Å². The van der Waals surface area contributed by atoms with Gasteiger partial charge in [-0.3, -0.25) is 4.79 Å². The van der Waals surface area contributed by atoms with Crippen LogP contribution in [0.2, 0.25) is 0 Å². The fourth-order valence-corrected chi connectivity index (χ4v) is 3.64. The highest BCUT2D eigenvalue weighted by atomic mass is 79.9. The molecule has 2 rings (SSSR count). The maximum absolute atomic E-state index is 12.3. The highest BCUT2D eigenvalue weighted by Gasteiger charge is 2.27. The quantitative estimate of drug-likeness (QED) is 0.442. The van der Waals surface area contributed by atoms with Gasteiger partial charge in [-0.1, -0.05) is 0 Å². The normalized spacial score (nSPS) is 10.3. The fourth-order valence-electron chi connectivity index (χ4n) is 2.23. The SMILES string of the molecule is CCOC(=O)c1sc(NC(=O)COC(=O)c2ccc(Br)o2)c(C(=O)OCC)c1C. The second-order valence-electron chi connectivity index (χ2n) is 5.43. The summed E-state index contributed by atoms with van der Waals surface area (Å²) < 4.78 is 20.2. The average Bonchev–Trinajstić information content (AvgIpc) is 3.23. The van der Waals surface area contributed by atoms with E-state index in [1.807, 2.05) is 0 Å². The van der Waals surface area contributed by atoms with Gasteiger partial charge in [0.1, 0.15) is 9.88 Å². The van der Waals surface area contributed by atoms with Crippen LogP contribution >= 0.6 is 27.3 Å². The number of ether oxygens (including phenoxy) is 3. The Morgan fingerprint density at radius 3 is 2.28 bits per heavy atom. The van der Waals surface area contributed by atoms with Crippen LogP contribution in [0.4, 0.5) is 5.00 Å². The summed E-state index contributed by atoms with van der Waals surface area (Å²) in [6.45, 7) is 4.50. The lowest BCUT2D eigenvalue weighted by Crippen LogP contribution is -2.21. The maximum atomic E-state index is 12.3. The van der Waals surface area contributed by atoms with Crippen molar-refractivity contribution in [3.05, 3.63) is 38.6 Å². The highest BCUT2D eigenvalue weighted by molar-refractivity contribution is 9.10. The van der Waals surface area contributed by atoms with Gasteiger partial charge >= 0.3 is 17.9 Å². The zero-order valence-corrected chi connectivity index (χ0v) is 18.2. The Morgan fingerprint density at radius 2 is 1.69 bits per heavy atom. The van der Waals surface area contributed by atoms with Crippen LogP contribution in [0.25, 0.3) is 0 Å². The molecular weight excluding hydrogens is 470 g/mol. The van der Waals surface area contributed by atoms with Crippen molar-refractivity contribution in [2.45, 2.75) is 20.8 Å². The van der Waals surface area contributed by atoms with Crippen LogP contribution in [0.15, 0.2) is 21.2 Å². The molecule has 0 bridgehead atoms. The molecule has 11 heteroatoms. The van der Waals surface area contributed by atoms with Crippen molar-refractivity contribution in [2.24, 2.45) is 0 Å². The number of anilines is 1. The van der Waals surface area contributed by atoms with Gasteiger partial charge < -0.3 is 23.9 Å². The van der Waals surface area contributed by atoms with E-state index in [0.717, 1.165) is 11.3 Å². The number of esters is 3. The minimum Gasteiger partial charge on any atom is -0.462 e. The number of furan rings is 1. The van der Waals surface area contributed by atoms with E-state index in [1.165, 1.54) is 12.1 Å². The van der Waals surface area contributed by atoms with Gasteiger partial charge in [-0.2, -0.15) is 0 Å². The molecule has 2 aromatic heterocycles. The van der Waals surface area contributed by atoms with Gasteiger partial charge in [0.25, 0.3) is 5.91 Å². The summed E-state index contributed by atoms with van der Waals surface area (Å²) in [7, 11) is 0. The van der Waals surface area contributed by atoms with Crippen LogP contribution in [-0.4, -0.2) is 43.6 Å². The molecule has 0 aromatic carbocycles. The Bertz CT molecular complexity index is 932. The van der Waals surface area contributed by atoms with Crippen molar-refractivity contribution < 1.29 is 37.8 Å². The Hall–Kier alpha value is -2.66. The second-order valence-corrected chi connectivity index (χ2v) is 7.23. The first-order valence-corrected chi connectivity index (χ1v) is 10.1. The number of rotatable bonds is 8. The number of halogens is 1. The van der Waals surface area contributed by atoms with E-state index in [-0.39, 0.29) is 34.4 Å². The lowest BCUT2D eigenvalue weighted by Gasteiger charge is -2.07. The number of thiophene rings is 1. The highest BCUT2D eigenvalue weighted by Crippen LogP contribution is 2.34. The summed E-state index contributed by atoms with van der Waals surface area (Å²) in [5.74, 6) is -2.91. The molecule has 0 aliphatic rings. The second kappa shape index (κ2) is 10.2. The number of hydrogen-bond donors (Lipinski definition) is 1. The molecule has 2 aromatic rings. The molecule has 0 saturated carbocycles. The first-order chi connectivity index (χ1) is 13.8. The predicted molar refractivity (Wildman–Crippen MR) is 106 cm³/mol. The molecule has 156 valence electrons. The third kappa shape index (κ3) is 5.67. The maximum Gasteiger partial charge on any atom is 0.374 e. The van der Waals surface area contributed by atoms with E-state index in [4.69, 9.17) is 18.6 Å². The molecule has 29 heavy (non-hydrogen) atoms. The van der Waals surface area contributed by atoms with Gasteiger partial charge in [0.05, 0.1) is 18.8 Å². The molecule has 1 amide bonds. The van der Waals surface area contributed by atoms with Gasteiger partial charge in [0.15, 0.2) is 11.3 Å². The summed E-state index contributed by atoms with van der Waals surface area (Å²) in [4.78, 5) is 48.6. The molecule has 0 fully saturated rings. The number of carbonyl (C=O) groups excluding carboxylic acids is 4. The summed E-state index contributed by atoms with van der Waals surface area (Å²) in [6, 6.07) is 2.89. The van der Waals surface area contributed by atoms with Gasteiger partial charge in [-0.15, -0.1) is 11.3 Å². The van der Waals surface area contributed by atoms with Crippen LogP contribution in [0.3, 0.4) is 0 Å². The molecule has 0 unspecified atom stereocenters. The van der Waals surface area contributed by atoms with E-state index in [9.17, 15) is 19.2 Å². The van der Waals surface area contributed by atoms with E-state index in [2.05, 4.69) is 21.2 Å². The Balaban J connectivity index is 2.15. The van der Waals surface area contributed by atoms with Crippen molar-refractivity contribution in [2.75, 3.05) is 25.1 Å². The van der Waals surface area contributed by atoms with Crippen LogP contribution in [0, 0.1) is 6.92 Å². The van der Waals surface area contributed by atoms with E-state index in [0.29, 0.717) is 10.2 Å². The van der Waals surface area contributed by atoms with E-state index < -0.39 is 30.4 Å². The zero-order valence-electron chi connectivity index (χ0n) is 15.8. The summed E-state index contributed by atoms with van der Waals surface area (Å²) in [5, 5.41) is 2.58. The zero-order chi connectivity index (χ0) is 21.6. The van der Waals surface area contributed by atoms with Crippen molar-refractivity contribution in [3.8, 4) is 0 Å². The Morgan fingerprint density at radius 1 is 1.03 bits per heavy atom. The van der Waals surface area contributed by atoms with E-state index >= 15 is 0 Å². The molecule has 1 N–H and O–H groups in total. The summed E-state index contributed by atoms with van der Waals surface area (Å²) in [6.07, 6.45) is 0. The van der Waals surface area contributed by atoms with Crippen LogP contribution in [0.5, 0.6) is 0 Å². The van der Waals surface area contributed by atoms with Crippen molar-refractivity contribution in [1.82, 2.24) is 0 Å². The van der Waals surface area contributed by atoms with Gasteiger partial charge in [-0.05, 0) is 54.4 Å². The van der Waals surface area contributed by atoms with Crippen LogP contribution in [0.1, 0.15) is 50.0 Å². The van der Waals surface area contributed by atoms with Crippen LogP contribution in [-0.2, 0) is 19.0 Å². The third-order valence-corrected chi connectivity index (χ3v) is 5.06. The standard InChI is InChI=1S/C18H18BrNO8S/c1-4-25-17(23)13-9(3)14(18(24)26-5-2)29-15(13)20-12(21)8-27-16(22)10-6-7-11(19)28-10/h6-7H,4-5,8H2,1-3H3,(H,20,21). The Kier molecular flexibility index (Phi) is 7.97. The van der Waals surface area contributed by atoms with Crippen LogP contribution < -0.4 is 5.32 Å². The molecule has 0 saturated heterocycles. The van der Waals surface area contributed by atoms with E-state index in [1.54, 1.807) is 20.8 Å². The van der Waals surface area contributed by atoms with Crippen molar-refractivity contribution in [3.63, 3.8) is 0 Å². The fraction of sp³-hybridized carbons (Fsp3) is 0.333. The minimum atomic E-state index is -0.828. The molecule has 0 atom stereocenters. The van der Waals surface area contributed by atoms with Gasteiger partial charge in [0.2, 0.25) is 5.76 Å². The average molecular weight is 488 g/mol. The van der Waals surface area contributed by atoms with Gasteiger partial charge in [-0.25, -0.2) is 14.4 Å². The number of amides is 1. The smallest absolute Gasteiger partial charge is 0.374 e. The van der Waals surface area contributed by atoms with Crippen molar-refractivity contribution in [1.29, 1.82) is 0 Å². The number of carbonyl (C=O) groups is 4.